The molecule has 4 nitrogen and oxygen atoms in total. The molecule has 0 amide bonds. The Morgan fingerprint density at radius 1 is 1.19 bits per heavy atom. The molecule has 7 heteroatoms. The second kappa shape index (κ2) is 5.82. The Kier molecular flexibility index (Phi) is 4.05. The molecular weight excluding hydrogens is 418 g/mol. The molecule has 0 aliphatic heterocycles. The Hall–Kier alpha value is -1.31. The van der Waals surface area contributed by atoms with Crippen molar-refractivity contribution in [1.29, 1.82) is 0 Å². The molecule has 2 aromatic carbocycles. The lowest BCUT2D eigenvalue weighted by Crippen LogP contribution is -1.93. The van der Waals surface area contributed by atoms with E-state index in [-0.39, 0.29) is 0 Å². The molecule has 1 aromatic heterocycles. The third-order valence-corrected chi connectivity index (χ3v) is 5.10. The van der Waals surface area contributed by atoms with Gasteiger partial charge in [-0.15, -0.1) is 0 Å². The molecule has 0 saturated heterocycles. The van der Waals surface area contributed by atoms with Gasteiger partial charge < -0.3 is 15.8 Å². The van der Waals surface area contributed by atoms with E-state index in [1.54, 1.807) is 18.4 Å². The second-order valence-electron chi connectivity index (χ2n) is 4.34. The zero-order valence-corrected chi connectivity index (χ0v) is 15.0. The first-order valence-electron chi connectivity index (χ1n) is 6.03. The van der Waals surface area contributed by atoms with E-state index >= 15 is 0 Å². The Labute approximate surface area is 142 Å². The van der Waals surface area contributed by atoms with E-state index in [0.29, 0.717) is 0 Å². The van der Waals surface area contributed by atoms with Gasteiger partial charge in [-0.3, -0.25) is 0 Å². The molecule has 0 radical (unpaired) electrons. The standard InChI is InChI=1S/C14H11Br2N3OS/c1-20-12-6-11(8(15)5-9(12)16)19-14-18-10-3-2-7(17)4-13(10)21-14/h2-6H,17H2,1H3,(H,18,19). The number of anilines is 3. The second-order valence-corrected chi connectivity index (χ2v) is 7.08. The van der Waals surface area contributed by atoms with Crippen LogP contribution in [-0.2, 0) is 0 Å². The number of fused-ring (bicyclic) bond motifs is 1. The van der Waals surface area contributed by atoms with E-state index in [2.05, 4.69) is 42.2 Å². The first-order chi connectivity index (χ1) is 10.1. The number of nitrogen functional groups attached to an aromatic ring is 1. The van der Waals surface area contributed by atoms with E-state index in [1.807, 2.05) is 30.3 Å². The van der Waals surface area contributed by atoms with Crippen molar-refractivity contribution in [3.05, 3.63) is 39.3 Å². The topological polar surface area (TPSA) is 60.2 Å². The first kappa shape index (κ1) is 14.6. The maximum absolute atomic E-state index is 5.79. The summed E-state index contributed by atoms with van der Waals surface area (Å²) in [5.74, 6) is 0.756. The number of benzene rings is 2. The molecule has 1 heterocycles. The maximum atomic E-state index is 5.79. The monoisotopic (exact) mass is 427 g/mol. The smallest absolute Gasteiger partial charge is 0.188 e. The van der Waals surface area contributed by atoms with Gasteiger partial charge in [-0.2, -0.15) is 0 Å². The molecule has 21 heavy (non-hydrogen) atoms. The highest BCUT2D eigenvalue weighted by molar-refractivity contribution is 9.11. The Morgan fingerprint density at radius 2 is 2.00 bits per heavy atom. The van der Waals surface area contributed by atoms with E-state index in [9.17, 15) is 0 Å². The summed E-state index contributed by atoms with van der Waals surface area (Å²) in [7, 11) is 1.64. The molecule has 3 rings (SSSR count). The largest absolute Gasteiger partial charge is 0.495 e. The zero-order valence-electron chi connectivity index (χ0n) is 11.0. The van der Waals surface area contributed by atoms with Gasteiger partial charge in [-0.25, -0.2) is 4.98 Å². The maximum Gasteiger partial charge on any atom is 0.188 e. The lowest BCUT2D eigenvalue weighted by molar-refractivity contribution is 0.412. The van der Waals surface area contributed by atoms with Crippen molar-refractivity contribution in [2.45, 2.75) is 0 Å². The van der Waals surface area contributed by atoms with Crippen LogP contribution in [0.25, 0.3) is 10.2 Å². The Bertz CT molecular complexity index is 819. The van der Waals surface area contributed by atoms with Gasteiger partial charge in [0.25, 0.3) is 0 Å². The average Bonchev–Trinajstić information content (AvgIpc) is 2.83. The highest BCUT2D eigenvalue weighted by atomic mass is 79.9. The Morgan fingerprint density at radius 3 is 2.76 bits per heavy atom. The lowest BCUT2D eigenvalue weighted by atomic mass is 10.3. The highest BCUT2D eigenvalue weighted by Gasteiger charge is 2.10. The van der Waals surface area contributed by atoms with Crippen LogP contribution in [0.15, 0.2) is 39.3 Å². The van der Waals surface area contributed by atoms with Crippen molar-refractivity contribution in [3.8, 4) is 5.75 Å². The molecule has 0 atom stereocenters. The number of ether oxygens (including phenoxy) is 1. The van der Waals surface area contributed by atoms with Crippen LogP contribution < -0.4 is 15.8 Å². The van der Waals surface area contributed by atoms with Gasteiger partial charge in [0.15, 0.2) is 5.13 Å². The predicted molar refractivity (Wildman–Crippen MR) is 95.7 cm³/mol. The summed E-state index contributed by atoms with van der Waals surface area (Å²) in [5.41, 5.74) is 8.35. The molecule has 0 spiro atoms. The Balaban J connectivity index is 1.98. The fourth-order valence-corrected chi connectivity index (χ4v) is 4.07. The van der Waals surface area contributed by atoms with Crippen LogP contribution in [0.3, 0.4) is 0 Å². The summed E-state index contributed by atoms with van der Waals surface area (Å²) in [6.07, 6.45) is 0. The van der Waals surface area contributed by atoms with Crippen LogP contribution in [0.5, 0.6) is 5.75 Å². The first-order valence-corrected chi connectivity index (χ1v) is 8.43. The fraction of sp³-hybridized carbons (Fsp3) is 0.0714. The predicted octanol–water partition coefficient (Wildman–Crippen LogP) is 5.16. The third kappa shape index (κ3) is 3.00. The SMILES string of the molecule is COc1cc(Nc2nc3ccc(N)cc3s2)c(Br)cc1Br. The molecule has 3 aromatic rings. The fourth-order valence-electron chi connectivity index (χ4n) is 1.89. The summed E-state index contributed by atoms with van der Waals surface area (Å²) < 4.78 is 8.18. The molecule has 0 aliphatic carbocycles. The molecule has 0 bridgehead atoms. The van der Waals surface area contributed by atoms with Crippen molar-refractivity contribution < 1.29 is 4.74 Å². The number of halogens is 2. The van der Waals surface area contributed by atoms with Gasteiger partial charge in [-0.05, 0) is 56.1 Å². The van der Waals surface area contributed by atoms with E-state index < -0.39 is 0 Å². The molecule has 0 saturated carbocycles. The number of aromatic nitrogens is 1. The number of methoxy groups -OCH3 is 1. The number of nitrogens with zero attached hydrogens (tertiary/aromatic N) is 1. The van der Waals surface area contributed by atoms with Gasteiger partial charge in [0.2, 0.25) is 0 Å². The number of nitrogens with two attached hydrogens (primary N) is 1. The van der Waals surface area contributed by atoms with Crippen LogP contribution in [-0.4, -0.2) is 12.1 Å². The average molecular weight is 429 g/mol. The van der Waals surface area contributed by atoms with Crippen molar-refractivity contribution in [2.24, 2.45) is 0 Å². The van der Waals surface area contributed by atoms with Crippen molar-refractivity contribution >= 4 is 69.9 Å². The summed E-state index contributed by atoms with van der Waals surface area (Å²) in [4.78, 5) is 4.55. The normalized spacial score (nSPS) is 10.8. The van der Waals surface area contributed by atoms with Gasteiger partial charge in [0, 0.05) is 16.2 Å². The number of rotatable bonds is 3. The molecule has 0 unspecified atom stereocenters. The minimum absolute atomic E-state index is 0.740. The number of hydrogen-bond acceptors (Lipinski definition) is 5. The zero-order chi connectivity index (χ0) is 15.0. The summed E-state index contributed by atoms with van der Waals surface area (Å²) in [6.45, 7) is 0. The molecule has 0 fully saturated rings. The number of nitrogens with one attached hydrogen (secondary N) is 1. The molecule has 108 valence electrons. The van der Waals surface area contributed by atoms with E-state index in [0.717, 1.165) is 41.4 Å². The third-order valence-electron chi connectivity index (χ3n) is 2.90. The van der Waals surface area contributed by atoms with Gasteiger partial charge in [0.05, 0.1) is 27.5 Å². The van der Waals surface area contributed by atoms with Crippen LogP contribution in [0, 0.1) is 0 Å². The minimum atomic E-state index is 0.740. The van der Waals surface area contributed by atoms with Gasteiger partial charge >= 0.3 is 0 Å². The van der Waals surface area contributed by atoms with Crippen molar-refractivity contribution in [1.82, 2.24) is 4.98 Å². The van der Waals surface area contributed by atoms with Crippen LogP contribution >= 0.6 is 43.2 Å². The van der Waals surface area contributed by atoms with Gasteiger partial charge in [-0.1, -0.05) is 11.3 Å². The summed E-state index contributed by atoms with van der Waals surface area (Å²) in [5, 5.41) is 4.11. The van der Waals surface area contributed by atoms with Crippen LogP contribution in [0.2, 0.25) is 0 Å². The highest BCUT2D eigenvalue weighted by Crippen LogP contribution is 2.37. The molecular formula is C14H11Br2N3OS. The minimum Gasteiger partial charge on any atom is -0.495 e. The van der Waals surface area contributed by atoms with Crippen molar-refractivity contribution in [3.63, 3.8) is 0 Å². The lowest BCUT2D eigenvalue weighted by Gasteiger charge is -2.09. The summed E-state index contributed by atoms with van der Waals surface area (Å²) in [6, 6.07) is 9.55. The summed E-state index contributed by atoms with van der Waals surface area (Å²) >= 11 is 8.54. The van der Waals surface area contributed by atoms with Gasteiger partial charge in [0.1, 0.15) is 5.75 Å². The molecule has 0 aliphatic rings. The quantitative estimate of drug-likeness (QED) is 0.566. The van der Waals surface area contributed by atoms with Crippen LogP contribution in [0.4, 0.5) is 16.5 Å². The number of hydrogen-bond donors (Lipinski definition) is 2. The molecule has 3 N–H and O–H groups in total. The van der Waals surface area contributed by atoms with E-state index in [1.165, 1.54) is 0 Å². The number of thiazole rings is 1. The van der Waals surface area contributed by atoms with Crippen LogP contribution in [0.1, 0.15) is 0 Å². The van der Waals surface area contributed by atoms with E-state index in [4.69, 9.17) is 10.5 Å². The van der Waals surface area contributed by atoms with Crippen molar-refractivity contribution in [2.75, 3.05) is 18.2 Å².